The normalized spacial score (nSPS) is 26.6. The van der Waals surface area contributed by atoms with E-state index in [4.69, 9.17) is 22.1 Å². The van der Waals surface area contributed by atoms with E-state index < -0.39 is 17.3 Å². The summed E-state index contributed by atoms with van der Waals surface area (Å²) < 4.78 is 5.24. The Hall–Kier alpha value is -1.83. The van der Waals surface area contributed by atoms with Crippen LogP contribution < -0.4 is 10.5 Å². The zero-order chi connectivity index (χ0) is 18.2. The predicted octanol–water partition coefficient (Wildman–Crippen LogP) is 0.652. The standard InChI is InChI=1S/C17H22ClN3O4/c1-20-6-12-7-21(10-17(12,9-20)16(23)24)5-11-2-3-14(13(18)4-11)25-8-15(19)22/h2-4,12H,5-10H2,1H3,(H2,19,22)(H,23,24)/t12-,17-/m0/s1. The van der Waals surface area contributed by atoms with Gasteiger partial charge in [-0.3, -0.25) is 14.5 Å². The van der Waals surface area contributed by atoms with Gasteiger partial charge in [0.05, 0.1) is 10.4 Å². The Morgan fingerprint density at radius 3 is 2.76 bits per heavy atom. The summed E-state index contributed by atoms with van der Waals surface area (Å²) in [6.07, 6.45) is 0. The Bertz CT molecular complexity index is 698. The highest BCUT2D eigenvalue weighted by atomic mass is 35.5. The summed E-state index contributed by atoms with van der Waals surface area (Å²) in [6.45, 7) is 3.10. The lowest BCUT2D eigenvalue weighted by Gasteiger charge is -2.24. The molecule has 0 aliphatic carbocycles. The molecular weight excluding hydrogens is 346 g/mol. The largest absolute Gasteiger partial charge is 0.482 e. The van der Waals surface area contributed by atoms with Crippen molar-refractivity contribution in [2.24, 2.45) is 17.1 Å². The van der Waals surface area contributed by atoms with Crippen molar-refractivity contribution < 1.29 is 19.4 Å². The molecule has 136 valence electrons. The molecule has 1 aromatic carbocycles. The van der Waals surface area contributed by atoms with Gasteiger partial charge in [-0.2, -0.15) is 0 Å². The molecule has 2 atom stereocenters. The minimum atomic E-state index is -0.711. The Labute approximate surface area is 151 Å². The second-order valence-corrected chi connectivity index (χ2v) is 7.45. The number of nitrogens with two attached hydrogens (primary N) is 1. The third-order valence-corrected chi connectivity index (χ3v) is 5.34. The third-order valence-electron chi connectivity index (χ3n) is 5.05. The smallest absolute Gasteiger partial charge is 0.312 e. The molecule has 0 radical (unpaired) electrons. The molecule has 2 aliphatic rings. The van der Waals surface area contributed by atoms with Crippen molar-refractivity contribution in [3.05, 3.63) is 28.8 Å². The van der Waals surface area contributed by atoms with Gasteiger partial charge in [-0.1, -0.05) is 17.7 Å². The first-order chi connectivity index (χ1) is 11.8. The molecule has 1 aromatic rings. The Morgan fingerprint density at radius 1 is 1.40 bits per heavy atom. The Morgan fingerprint density at radius 2 is 2.16 bits per heavy atom. The molecule has 0 saturated carbocycles. The molecule has 0 bridgehead atoms. The number of carboxylic acid groups (broad SMARTS) is 1. The van der Waals surface area contributed by atoms with Gasteiger partial charge in [0, 0.05) is 38.6 Å². The molecule has 3 rings (SSSR count). The molecule has 1 amide bonds. The number of carbonyl (C=O) groups excluding carboxylic acids is 1. The van der Waals surface area contributed by atoms with Crippen LogP contribution in [0.2, 0.25) is 5.02 Å². The summed E-state index contributed by atoms with van der Waals surface area (Å²) in [5.41, 5.74) is 5.35. The molecule has 3 N–H and O–H groups in total. The molecule has 7 nitrogen and oxygen atoms in total. The van der Waals surface area contributed by atoms with Crippen molar-refractivity contribution >= 4 is 23.5 Å². The van der Waals surface area contributed by atoms with Crippen LogP contribution in [0.15, 0.2) is 18.2 Å². The molecule has 2 heterocycles. The Balaban J connectivity index is 1.67. The molecular formula is C17H22ClN3O4. The zero-order valence-electron chi connectivity index (χ0n) is 14.1. The van der Waals surface area contributed by atoms with Gasteiger partial charge >= 0.3 is 5.97 Å². The number of likely N-dealkylation sites (tertiary alicyclic amines) is 2. The summed E-state index contributed by atoms with van der Waals surface area (Å²) in [5, 5.41) is 10.1. The van der Waals surface area contributed by atoms with Gasteiger partial charge in [-0.05, 0) is 24.7 Å². The van der Waals surface area contributed by atoms with Crippen LogP contribution in [0.5, 0.6) is 5.75 Å². The van der Waals surface area contributed by atoms with Crippen LogP contribution in [0.25, 0.3) is 0 Å². The van der Waals surface area contributed by atoms with Crippen molar-refractivity contribution in [1.29, 1.82) is 0 Å². The van der Waals surface area contributed by atoms with Gasteiger partial charge in [-0.25, -0.2) is 0 Å². The fourth-order valence-electron chi connectivity index (χ4n) is 4.01. The van der Waals surface area contributed by atoms with Crippen LogP contribution in [-0.2, 0) is 16.1 Å². The zero-order valence-corrected chi connectivity index (χ0v) is 14.8. The highest BCUT2D eigenvalue weighted by Crippen LogP contribution is 2.42. The molecule has 25 heavy (non-hydrogen) atoms. The number of rotatable bonds is 6. The summed E-state index contributed by atoms with van der Waals surface area (Å²) in [5.74, 6) is -0.722. The summed E-state index contributed by atoms with van der Waals surface area (Å²) >= 11 is 6.19. The number of hydrogen-bond donors (Lipinski definition) is 2. The number of aliphatic carboxylic acids is 1. The SMILES string of the molecule is CN1C[C@H]2CN(Cc3ccc(OCC(N)=O)c(Cl)c3)C[C@@]2(C(=O)O)C1. The lowest BCUT2D eigenvalue weighted by Crippen LogP contribution is -2.40. The van der Waals surface area contributed by atoms with Crippen molar-refractivity contribution in [1.82, 2.24) is 9.80 Å². The van der Waals surface area contributed by atoms with Crippen molar-refractivity contribution in [2.45, 2.75) is 6.54 Å². The average Bonchev–Trinajstić information content (AvgIpc) is 2.99. The summed E-state index contributed by atoms with van der Waals surface area (Å²) in [7, 11) is 1.97. The van der Waals surface area contributed by atoms with Gasteiger partial charge in [0.2, 0.25) is 0 Å². The quantitative estimate of drug-likeness (QED) is 0.766. The highest BCUT2D eigenvalue weighted by Gasteiger charge is 2.56. The van der Waals surface area contributed by atoms with Crippen LogP contribution in [-0.4, -0.2) is 66.6 Å². The molecule has 0 spiro atoms. The van der Waals surface area contributed by atoms with E-state index in [0.717, 1.165) is 18.7 Å². The van der Waals surface area contributed by atoms with E-state index in [0.29, 0.717) is 30.4 Å². The van der Waals surface area contributed by atoms with Crippen LogP contribution in [0.1, 0.15) is 5.56 Å². The van der Waals surface area contributed by atoms with Crippen LogP contribution in [0.4, 0.5) is 0 Å². The van der Waals surface area contributed by atoms with Gasteiger partial charge < -0.3 is 20.5 Å². The van der Waals surface area contributed by atoms with Crippen LogP contribution >= 0.6 is 11.6 Å². The van der Waals surface area contributed by atoms with Gasteiger partial charge in [0.1, 0.15) is 5.75 Å². The maximum Gasteiger partial charge on any atom is 0.312 e. The van der Waals surface area contributed by atoms with E-state index in [-0.39, 0.29) is 12.5 Å². The average molecular weight is 368 g/mol. The number of amides is 1. The number of fused-ring (bicyclic) bond motifs is 1. The second kappa shape index (κ2) is 6.82. The second-order valence-electron chi connectivity index (χ2n) is 7.04. The van der Waals surface area contributed by atoms with Crippen molar-refractivity contribution in [3.8, 4) is 5.75 Å². The highest BCUT2D eigenvalue weighted by molar-refractivity contribution is 6.32. The number of carboxylic acids is 1. The van der Waals surface area contributed by atoms with Crippen molar-refractivity contribution in [3.63, 3.8) is 0 Å². The number of hydrogen-bond acceptors (Lipinski definition) is 5. The molecule has 2 fully saturated rings. The molecule has 0 aromatic heterocycles. The first kappa shape index (κ1) is 18.0. The van der Waals surface area contributed by atoms with E-state index >= 15 is 0 Å². The monoisotopic (exact) mass is 367 g/mol. The molecule has 2 aliphatic heterocycles. The van der Waals surface area contributed by atoms with Gasteiger partial charge in [0.25, 0.3) is 5.91 Å². The van der Waals surface area contributed by atoms with E-state index in [1.54, 1.807) is 12.1 Å². The van der Waals surface area contributed by atoms with Gasteiger partial charge in [-0.15, -0.1) is 0 Å². The minimum absolute atomic E-state index is 0.142. The number of carbonyl (C=O) groups is 2. The number of ether oxygens (including phenoxy) is 1. The Kier molecular flexibility index (Phi) is 4.90. The van der Waals surface area contributed by atoms with Crippen molar-refractivity contribution in [2.75, 3.05) is 39.8 Å². The maximum atomic E-state index is 11.8. The molecule has 8 heteroatoms. The molecule has 2 saturated heterocycles. The number of halogens is 1. The minimum Gasteiger partial charge on any atom is -0.482 e. The fourth-order valence-corrected chi connectivity index (χ4v) is 4.27. The number of benzene rings is 1. The van der Waals surface area contributed by atoms with E-state index in [1.807, 2.05) is 13.1 Å². The predicted molar refractivity (Wildman–Crippen MR) is 92.5 cm³/mol. The number of primary amides is 1. The number of nitrogens with zero attached hydrogens (tertiary/aromatic N) is 2. The first-order valence-electron chi connectivity index (χ1n) is 8.14. The lowest BCUT2D eigenvalue weighted by atomic mass is 9.81. The maximum absolute atomic E-state index is 11.8. The van der Waals surface area contributed by atoms with E-state index in [1.165, 1.54) is 0 Å². The van der Waals surface area contributed by atoms with Crippen LogP contribution in [0, 0.1) is 11.3 Å². The third kappa shape index (κ3) is 3.58. The first-order valence-corrected chi connectivity index (χ1v) is 8.52. The topological polar surface area (TPSA) is 96.1 Å². The van der Waals surface area contributed by atoms with E-state index in [9.17, 15) is 14.7 Å². The van der Waals surface area contributed by atoms with Gasteiger partial charge in [0.15, 0.2) is 6.61 Å². The lowest BCUT2D eigenvalue weighted by molar-refractivity contribution is -0.148. The fraction of sp³-hybridized carbons (Fsp3) is 0.529. The van der Waals surface area contributed by atoms with Crippen LogP contribution in [0.3, 0.4) is 0 Å². The summed E-state index contributed by atoms with van der Waals surface area (Å²) in [4.78, 5) is 26.9. The molecule has 0 unspecified atom stereocenters. The van der Waals surface area contributed by atoms with E-state index in [2.05, 4.69) is 9.80 Å². The summed E-state index contributed by atoms with van der Waals surface area (Å²) in [6, 6.07) is 5.36.